The van der Waals surface area contributed by atoms with Crippen LogP contribution in [0.4, 0.5) is 13.2 Å². The van der Waals surface area contributed by atoms with Crippen LogP contribution in [0.15, 0.2) is 0 Å². The summed E-state index contributed by atoms with van der Waals surface area (Å²) in [6.07, 6.45) is -4.82. The number of hydrogen-bond acceptors (Lipinski definition) is 2. The van der Waals surface area contributed by atoms with Gasteiger partial charge >= 0.3 is 6.18 Å². The van der Waals surface area contributed by atoms with Crippen LogP contribution >= 0.6 is 0 Å². The van der Waals surface area contributed by atoms with Crippen molar-refractivity contribution in [2.75, 3.05) is 5.75 Å². The molecule has 0 aromatic rings. The summed E-state index contributed by atoms with van der Waals surface area (Å²) in [7, 11) is -1.55. The van der Waals surface area contributed by atoms with Crippen LogP contribution in [0.5, 0.6) is 0 Å². The van der Waals surface area contributed by atoms with E-state index in [1.807, 2.05) is 0 Å². The summed E-state index contributed by atoms with van der Waals surface area (Å²) in [5.41, 5.74) is 5.28. The molecule has 2 unspecified atom stereocenters. The quantitative estimate of drug-likeness (QED) is 0.750. The number of hydrogen-bond donors (Lipinski definition) is 1. The molecule has 0 spiro atoms. The van der Waals surface area contributed by atoms with Crippen molar-refractivity contribution in [3.8, 4) is 0 Å². The molecule has 0 fully saturated rings. The summed E-state index contributed by atoms with van der Waals surface area (Å²) < 4.78 is 45.7. The summed E-state index contributed by atoms with van der Waals surface area (Å²) in [6, 6.07) is 0. The van der Waals surface area contributed by atoms with Gasteiger partial charge in [-0.3, -0.25) is 4.21 Å². The molecule has 0 aliphatic rings. The highest BCUT2D eigenvalue weighted by Gasteiger charge is 2.28. The third kappa shape index (κ3) is 5.54. The molecular weight excluding hydrogens is 191 g/mol. The van der Waals surface area contributed by atoms with E-state index in [4.69, 9.17) is 5.73 Å². The first-order valence-electron chi connectivity index (χ1n) is 3.56. The van der Waals surface area contributed by atoms with Crippen LogP contribution in [0.25, 0.3) is 0 Å². The number of rotatable bonds is 4. The fraction of sp³-hybridized carbons (Fsp3) is 1.00. The van der Waals surface area contributed by atoms with Crippen LogP contribution in [0, 0.1) is 0 Å². The Kier molecular flexibility index (Phi) is 4.77. The molecule has 0 heterocycles. The van der Waals surface area contributed by atoms with Gasteiger partial charge in [-0.25, -0.2) is 0 Å². The topological polar surface area (TPSA) is 43.1 Å². The van der Waals surface area contributed by atoms with Crippen molar-refractivity contribution in [3.05, 3.63) is 0 Å². The van der Waals surface area contributed by atoms with Crippen LogP contribution in [-0.2, 0) is 10.8 Å². The Hall–Kier alpha value is -0.100. The van der Waals surface area contributed by atoms with Crippen molar-refractivity contribution in [2.45, 2.75) is 31.3 Å². The maximum atomic E-state index is 11.6. The Morgan fingerprint density at radius 1 is 1.50 bits per heavy atom. The van der Waals surface area contributed by atoms with E-state index in [-0.39, 0.29) is 0 Å². The lowest BCUT2D eigenvalue weighted by Gasteiger charge is -2.09. The van der Waals surface area contributed by atoms with Gasteiger partial charge in [-0.1, -0.05) is 6.92 Å². The highest BCUT2D eigenvalue weighted by molar-refractivity contribution is 7.85. The zero-order valence-corrected chi connectivity index (χ0v) is 7.54. The van der Waals surface area contributed by atoms with Crippen molar-refractivity contribution >= 4 is 10.8 Å². The standard InChI is InChI=1S/C6H12F3NOS/c1-2-5(10)12(11)4-3-6(7,8)9/h5H,2-4,10H2,1H3. The lowest BCUT2D eigenvalue weighted by molar-refractivity contribution is -0.129. The van der Waals surface area contributed by atoms with Gasteiger partial charge in [0.05, 0.1) is 11.8 Å². The molecule has 0 saturated carbocycles. The Bertz CT molecular complexity index is 159. The van der Waals surface area contributed by atoms with Gasteiger partial charge in [-0.05, 0) is 6.42 Å². The molecule has 2 atom stereocenters. The predicted octanol–water partition coefficient (Wildman–Crippen LogP) is 1.38. The number of halogens is 3. The minimum Gasteiger partial charge on any atom is -0.317 e. The van der Waals surface area contributed by atoms with Crippen molar-refractivity contribution in [1.82, 2.24) is 0 Å². The molecule has 2 N–H and O–H groups in total. The van der Waals surface area contributed by atoms with Crippen molar-refractivity contribution < 1.29 is 17.4 Å². The van der Waals surface area contributed by atoms with E-state index >= 15 is 0 Å². The van der Waals surface area contributed by atoms with E-state index in [2.05, 4.69) is 0 Å². The molecule has 0 bridgehead atoms. The highest BCUT2D eigenvalue weighted by Crippen LogP contribution is 2.19. The molecule has 0 amide bonds. The molecule has 12 heavy (non-hydrogen) atoms. The predicted molar refractivity (Wildman–Crippen MR) is 41.9 cm³/mol. The monoisotopic (exact) mass is 203 g/mol. The third-order valence-electron chi connectivity index (χ3n) is 1.33. The summed E-state index contributed by atoms with van der Waals surface area (Å²) >= 11 is 0. The highest BCUT2D eigenvalue weighted by atomic mass is 32.2. The van der Waals surface area contributed by atoms with E-state index in [0.717, 1.165) is 0 Å². The molecule has 0 aliphatic heterocycles. The van der Waals surface area contributed by atoms with Crippen LogP contribution < -0.4 is 5.73 Å². The van der Waals surface area contributed by atoms with Crippen LogP contribution in [0.3, 0.4) is 0 Å². The van der Waals surface area contributed by atoms with Crippen LogP contribution in [0.1, 0.15) is 19.8 Å². The molecule has 0 rings (SSSR count). The molecule has 0 aromatic heterocycles. The first kappa shape index (κ1) is 11.9. The fourth-order valence-electron chi connectivity index (χ4n) is 0.554. The van der Waals surface area contributed by atoms with Gasteiger partial charge in [0, 0.05) is 16.6 Å². The van der Waals surface area contributed by atoms with Gasteiger partial charge in [-0.15, -0.1) is 0 Å². The second kappa shape index (κ2) is 4.81. The lowest BCUT2D eigenvalue weighted by atomic mass is 10.5. The average molecular weight is 203 g/mol. The maximum absolute atomic E-state index is 11.6. The van der Waals surface area contributed by atoms with Crippen molar-refractivity contribution in [2.24, 2.45) is 5.73 Å². The van der Waals surface area contributed by atoms with Gasteiger partial charge < -0.3 is 5.73 Å². The lowest BCUT2D eigenvalue weighted by Crippen LogP contribution is -2.28. The Morgan fingerprint density at radius 2 is 2.00 bits per heavy atom. The zero-order valence-electron chi connectivity index (χ0n) is 6.73. The first-order chi connectivity index (χ1) is 5.37. The van der Waals surface area contributed by atoms with Crippen molar-refractivity contribution in [3.63, 3.8) is 0 Å². The Morgan fingerprint density at radius 3 is 2.33 bits per heavy atom. The van der Waals surface area contributed by atoms with Gasteiger partial charge in [0.25, 0.3) is 0 Å². The Balaban J connectivity index is 3.72. The average Bonchev–Trinajstić information content (AvgIpc) is 1.97. The first-order valence-corrected chi connectivity index (χ1v) is 4.94. The SMILES string of the molecule is CCC(N)S(=O)CCC(F)(F)F. The van der Waals surface area contributed by atoms with Gasteiger partial charge in [0.2, 0.25) is 0 Å². The minimum absolute atomic E-state index is 0.390. The maximum Gasteiger partial charge on any atom is 0.390 e. The second-order valence-electron chi connectivity index (χ2n) is 2.40. The number of alkyl halides is 3. The minimum atomic E-state index is -4.23. The molecular formula is C6H12F3NOS. The van der Waals surface area contributed by atoms with Gasteiger partial charge in [-0.2, -0.15) is 13.2 Å². The smallest absolute Gasteiger partial charge is 0.317 e. The number of nitrogens with two attached hydrogens (primary N) is 1. The second-order valence-corrected chi connectivity index (χ2v) is 4.17. The molecule has 0 aliphatic carbocycles. The molecule has 0 saturated heterocycles. The molecule has 2 nitrogen and oxygen atoms in total. The van der Waals surface area contributed by atoms with Gasteiger partial charge in [0.15, 0.2) is 0 Å². The summed E-state index contributed by atoms with van der Waals surface area (Å²) in [5.74, 6) is -0.390. The molecule has 0 radical (unpaired) electrons. The van der Waals surface area contributed by atoms with E-state index < -0.39 is 34.5 Å². The summed E-state index contributed by atoms with van der Waals surface area (Å²) in [6.45, 7) is 1.69. The fourth-order valence-corrected chi connectivity index (χ4v) is 1.66. The van der Waals surface area contributed by atoms with Crippen LogP contribution in [-0.4, -0.2) is 21.5 Å². The van der Waals surface area contributed by atoms with Crippen LogP contribution in [0.2, 0.25) is 0 Å². The largest absolute Gasteiger partial charge is 0.390 e. The molecule has 0 aromatic carbocycles. The van der Waals surface area contributed by atoms with E-state index in [1.54, 1.807) is 6.92 Å². The van der Waals surface area contributed by atoms with E-state index in [0.29, 0.717) is 6.42 Å². The van der Waals surface area contributed by atoms with E-state index in [1.165, 1.54) is 0 Å². The Labute approximate surface area is 71.8 Å². The van der Waals surface area contributed by atoms with E-state index in [9.17, 15) is 17.4 Å². The normalized spacial score (nSPS) is 17.4. The molecule has 74 valence electrons. The summed E-state index contributed by atoms with van der Waals surface area (Å²) in [5, 5.41) is -0.632. The zero-order chi connectivity index (χ0) is 9.78. The van der Waals surface area contributed by atoms with Crippen molar-refractivity contribution in [1.29, 1.82) is 0 Å². The van der Waals surface area contributed by atoms with Gasteiger partial charge in [0.1, 0.15) is 0 Å². The molecule has 6 heteroatoms. The third-order valence-corrected chi connectivity index (χ3v) is 2.94. The summed E-state index contributed by atoms with van der Waals surface area (Å²) in [4.78, 5) is 0.